The molecule has 12 heteroatoms. The van der Waals surface area contributed by atoms with E-state index in [1.165, 1.54) is 10.9 Å². The summed E-state index contributed by atoms with van der Waals surface area (Å²) in [7, 11) is 0. The number of nitrogens with zero attached hydrogens (tertiary/aromatic N) is 7. The fourth-order valence-electron chi connectivity index (χ4n) is 4.72. The summed E-state index contributed by atoms with van der Waals surface area (Å²) in [5, 5.41) is 9.31. The summed E-state index contributed by atoms with van der Waals surface area (Å²) in [4.78, 5) is 24.4. The van der Waals surface area contributed by atoms with E-state index < -0.39 is 0 Å². The molecule has 0 saturated carbocycles. The number of imidazole rings is 1. The van der Waals surface area contributed by atoms with Crippen molar-refractivity contribution in [2.75, 3.05) is 31.1 Å². The van der Waals surface area contributed by atoms with Crippen LogP contribution in [-0.4, -0.2) is 55.5 Å². The number of hydrogen-bond acceptors (Lipinski definition) is 9. The summed E-state index contributed by atoms with van der Waals surface area (Å²) < 4.78 is 14.5. The van der Waals surface area contributed by atoms with Crippen LogP contribution in [0.5, 0.6) is 0 Å². The molecule has 5 heterocycles. The van der Waals surface area contributed by atoms with Crippen LogP contribution in [0.3, 0.4) is 0 Å². The minimum Gasteiger partial charge on any atom is -0.373 e. The molecule has 0 bridgehead atoms. The quantitative estimate of drug-likeness (QED) is 0.425. The minimum atomic E-state index is -0.209. The zero-order valence-electron chi connectivity index (χ0n) is 19.2. The third-order valence-corrected chi connectivity index (χ3v) is 7.00. The smallest absolute Gasteiger partial charge is 0.280 e. The zero-order valence-corrected chi connectivity index (χ0v) is 19.9. The molecule has 0 amide bonds. The van der Waals surface area contributed by atoms with Gasteiger partial charge in [0.2, 0.25) is 11.8 Å². The van der Waals surface area contributed by atoms with Crippen molar-refractivity contribution in [1.82, 2.24) is 29.3 Å². The minimum absolute atomic E-state index is 0.0130. The van der Waals surface area contributed by atoms with E-state index in [9.17, 15) is 4.79 Å². The van der Waals surface area contributed by atoms with Gasteiger partial charge in [-0.1, -0.05) is 28.9 Å². The molecule has 1 aromatic carbocycles. The molecule has 2 saturated heterocycles. The van der Waals surface area contributed by atoms with Gasteiger partial charge in [-0.05, 0) is 37.6 Å². The summed E-state index contributed by atoms with van der Waals surface area (Å²) >= 11 is 5.99. The van der Waals surface area contributed by atoms with Gasteiger partial charge >= 0.3 is 0 Å². The largest absolute Gasteiger partial charge is 0.373 e. The first kappa shape index (κ1) is 22.2. The molecule has 2 N–H and O–H groups in total. The molecule has 3 aromatic heterocycles. The standard InChI is InChI=1S/C23H25ClN8O3/c1-13-20-22(33)31(12-26-32(20)23(27-13)30-8-14(7-25)9-30)10-19-28-21(29-35-19)16-6-18(34-11-16)15-2-4-17(24)5-3-15/h2-5,12,14,16,18H,6-11,25H2,1H3/t16-,18-/m0/s1. The monoisotopic (exact) mass is 496 g/mol. The molecule has 0 spiro atoms. The number of aromatic nitrogens is 6. The van der Waals surface area contributed by atoms with Crippen molar-refractivity contribution in [3.8, 4) is 0 Å². The summed E-state index contributed by atoms with van der Waals surface area (Å²) in [6.07, 6.45) is 2.19. The Labute approximate surface area is 205 Å². The highest BCUT2D eigenvalue weighted by atomic mass is 35.5. The Bertz CT molecular complexity index is 1420. The second-order valence-electron chi connectivity index (χ2n) is 9.18. The lowest BCUT2D eigenvalue weighted by molar-refractivity contribution is 0.110. The highest BCUT2D eigenvalue weighted by molar-refractivity contribution is 6.30. The van der Waals surface area contributed by atoms with Gasteiger partial charge in [-0.3, -0.25) is 9.36 Å². The van der Waals surface area contributed by atoms with Crippen molar-refractivity contribution in [3.05, 3.63) is 68.9 Å². The highest BCUT2D eigenvalue weighted by Gasteiger charge is 2.32. The number of nitrogens with two attached hydrogens (primary N) is 1. The third kappa shape index (κ3) is 3.99. The molecular weight excluding hydrogens is 472 g/mol. The molecule has 0 unspecified atom stereocenters. The maximum atomic E-state index is 13.2. The van der Waals surface area contributed by atoms with Crippen LogP contribution in [0.25, 0.3) is 5.52 Å². The van der Waals surface area contributed by atoms with Gasteiger partial charge in [0.15, 0.2) is 11.3 Å². The first-order valence-corrected chi connectivity index (χ1v) is 12.0. The van der Waals surface area contributed by atoms with E-state index in [0.717, 1.165) is 25.1 Å². The number of ether oxygens (including phenoxy) is 1. The topological polar surface area (TPSA) is 130 Å². The number of rotatable bonds is 6. The lowest BCUT2D eigenvalue weighted by Crippen LogP contribution is -2.50. The Hall–Kier alpha value is -3.28. The van der Waals surface area contributed by atoms with Crippen molar-refractivity contribution in [3.63, 3.8) is 0 Å². The van der Waals surface area contributed by atoms with E-state index >= 15 is 0 Å². The summed E-state index contributed by atoms with van der Waals surface area (Å²) in [5.41, 5.74) is 7.66. The maximum absolute atomic E-state index is 13.2. The van der Waals surface area contributed by atoms with Gasteiger partial charge in [0.05, 0.1) is 18.4 Å². The molecule has 4 aromatic rings. The SMILES string of the molecule is Cc1nc(N2CC(CN)C2)n2ncn(Cc3nc([C@@H]4CO[C@H](c5ccc(Cl)cc5)C4)no3)c(=O)c12. The van der Waals surface area contributed by atoms with Gasteiger partial charge in [-0.15, -0.1) is 0 Å². The maximum Gasteiger partial charge on any atom is 0.280 e. The van der Waals surface area contributed by atoms with Crippen molar-refractivity contribution >= 4 is 23.1 Å². The average molecular weight is 497 g/mol. The van der Waals surface area contributed by atoms with Gasteiger partial charge in [-0.2, -0.15) is 14.6 Å². The van der Waals surface area contributed by atoms with Gasteiger partial charge in [0, 0.05) is 29.9 Å². The number of aryl methyl sites for hydroxylation is 1. The summed E-state index contributed by atoms with van der Waals surface area (Å²) in [6.45, 7) is 4.71. The number of fused-ring (bicyclic) bond motifs is 1. The van der Waals surface area contributed by atoms with Crippen LogP contribution in [0.2, 0.25) is 5.02 Å². The fourth-order valence-corrected chi connectivity index (χ4v) is 4.85. The Morgan fingerprint density at radius 2 is 2.00 bits per heavy atom. The van der Waals surface area contributed by atoms with Crippen LogP contribution in [0.4, 0.5) is 5.95 Å². The van der Waals surface area contributed by atoms with E-state index in [0.29, 0.717) is 53.0 Å². The lowest BCUT2D eigenvalue weighted by atomic mass is 10.0. The van der Waals surface area contributed by atoms with Crippen LogP contribution < -0.4 is 16.2 Å². The summed E-state index contributed by atoms with van der Waals surface area (Å²) in [6, 6.07) is 7.65. The van der Waals surface area contributed by atoms with Gasteiger partial charge in [-0.25, -0.2) is 4.98 Å². The predicted molar refractivity (Wildman–Crippen MR) is 128 cm³/mol. The molecule has 0 radical (unpaired) electrons. The van der Waals surface area contributed by atoms with E-state index in [1.54, 1.807) is 4.52 Å². The molecule has 6 rings (SSSR count). The molecular formula is C23H25ClN8O3. The van der Waals surface area contributed by atoms with Crippen LogP contribution in [-0.2, 0) is 11.3 Å². The van der Waals surface area contributed by atoms with Crippen molar-refractivity contribution < 1.29 is 9.26 Å². The van der Waals surface area contributed by atoms with E-state index in [-0.39, 0.29) is 24.1 Å². The molecule has 2 fully saturated rings. The molecule has 2 aliphatic rings. The number of benzene rings is 1. The fraction of sp³-hybridized carbons (Fsp3) is 0.435. The normalized spacial score (nSPS) is 20.6. The number of halogens is 1. The van der Waals surface area contributed by atoms with Crippen molar-refractivity contribution in [2.24, 2.45) is 11.7 Å². The van der Waals surface area contributed by atoms with E-state index in [4.69, 9.17) is 26.6 Å². The van der Waals surface area contributed by atoms with Crippen LogP contribution in [0, 0.1) is 12.8 Å². The number of anilines is 1. The lowest BCUT2D eigenvalue weighted by Gasteiger charge is -2.38. The van der Waals surface area contributed by atoms with Crippen molar-refractivity contribution in [1.29, 1.82) is 0 Å². The van der Waals surface area contributed by atoms with Gasteiger partial charge in [0.1, 0.15) is 12.9 Å². The Kier molecular flexibility index (Phi) is 5.54. The third-order valence-electron chi connectivity index (χ3n) is 6.75. The van der Waals surface area contributed by atoms with Crippen LogP contribution >= 0.6 is 11.6 Å². The van der Waals surface area contributed by atoms with Gasteiger partial charge in [0.25, 0.3) is 5.56 Å². The molecule has 0 aliphatic carbocycles. The van der Waals surface area contributed by atoms with Gasteiger partial charge < -0.3 is 19.9 Å². The van der Waals surface area contributed by atoms with Crippen LogP contribution in [0.15, 0.2) is 39.9 Å². The molecule has 11 nitrogen and oxygen atoms in total. The van der Waals surface area contributed by atoms with Crippen LogP contribution in [0.1, 0.15) is 41.4 Å². The second-order valence-corrected chi connectivity index (χ2v) is 9.62. The first-order valence-electron chi connectivity index (χ1n) is 11.6. The predicted octanol–water partition coefficient (Wildman–Crippen LogP) is 1.92. The molecule has 2 aliphatic heterocycles. The zero-order chi connectivity index (χ0) is 24.1. The molecule has 182 valence electrons. The average Bonchev–Trinajstić information content (AvgIpc) is 3.55. The summed E-state index contributed by atoms with van der Waals surface area (Å²) in [5.74, 6) is 2.05. The molecule has 2 atom stereocenters. The highest BCUT2D eigenvalue weighted by Crippen LogP contribution is 2.37. The Balaban J connectivity index is 1.18. The van der Waals surface area contributed by atoms with E-state index in [1.807, 2.05) is 31.2 Å². The number of hydrogen-bond donors (Lipinski definition) is 1. The Morgan fingerprint density at radius 3 is 2.77 bits per heavy atom. The Morgan fingerprint density at radius 1 is 1.20 bits per heavy atom. The molecule has 35 heavy (non-hydrogen) atoms. The second kappa shape index (κ2) is 8.74. The van der Waals surface area contributed by atoms with Crippen molar-refractivity contribution in [2.45, 2.75) is 31.9 Å². The first-order chi connectivity index (χ1) is 17.0. The van der Waals surface area contributed by atoms with E-state index in [2.05, 4.69) is 25.1 Å².